The summed E-state index contributed by atoms with van der Waals surface area (Å²) < 4.78 is 12.2. The van der Waals surface area contributed by atoms with Crippen LogP contribution in [0.25, 0.3) is 15.6 Å². The number of imide groups is 1. The van der Waals surface area contributed by atoms with Gasteiger partial charge in [0.2, 0.25) is 11.8 Å². The third-order valence-corrected chi connectivity index (χ3v) is 8.11. The van der Waals surface area contributed by atoms with Crippen LogP contribution in [0.4, 0.5) is 11.4 Å². The van der Waals surface area contributed by atoms with Crippen LogP contribution in [0.15, 0.2) is 60.7 Å². The number of benzene rings is 3. The number of carbonyl (C=O) groups is 2. The summed E-state index contributed by atoms with van der Waals surface area (Å²) in [6.07, 6.45) is -0.396. The average molecular weight is 494 g/mol. The van der Waals surface area contributed by atoms with E-state index >= 15 is 0 Å². The van der Waals surface area contributed by atoms with Crippen molar-refractivity contribution in [2.45, 2.75) is 37.1 Å². The van der Waals surface area contributed by atoms with Gasteiger partial charge in [-0.05, 0) is 42.0 Å². The molecule has 3 saturated heterocycles. The van der Waals surface area contributed by atoms with Crippen molar-refractivity contribution < 1.29 is 24.2 Å². The predicted octanol–water partition coefficient (Wildman–Crippen LogP) is 4.13. The molecule has 2 amide bonds. The van der Waals surface area contributed by atoms with Gasteiger partial charge in [-0.3, -0.25) is 9.59 Å². The van der Waals surface area contributed by atoms with Crippen LogP contribution in [-0.4, -0.2) is 40.8 Å². The minimum atomic E-state index is -1.20. The highest BCUT2D eigenvalue weighted by atomic mass is 16.6. The lowest BCUT2D eigenvalue weighted by Gasteiger charge is -2.33. The van der Waals surface area contributed by atoms with Gasteiger partial charge in [0.1, 0.15) is 11.4 Å². The topological polar surface area (TPSA) is 104 Å². The van der Waals surface area contributed by atoms with Gasteiger partial charge in [0.05, 0.1) is 54.0 Å². The van der Waals surface area contributed by atoms with Crippen molar-refractivity contribution in [2.75, 3.05) is 11.5 Å². The molecule has 1 N–H and O–H groups in total. The molecule has 8 heteroatoms. The van der Waals surface area contributed by atoms with E-state index < -0.39 is 35.0 Å². The molecule has 0 saturated carbocycles. The Hall–Kier alpha value is -4.24. The first kappa shape index (κ1) is 23.2. The molecule has 37 heavy (non-hydrogen) atoms. The van der Waals surface area contributed by atoms with Crippen molar-refractivity contribution in [3.05, 3.63) is 77.6 Å². The summed E-state index contributed by atoms with van der Waals surface area (Å²) in [5.41, 5.74) is -0.901. The molecule has 0 spiro atoms. The van der Waals surface area contributed by atoms with Gasteiger partial charge in [0, 0.05) is 12.8 Å². The molecule has 0 aromatic heterocycles. The fourth-order valence-electron chi connectivity index (χ4n) is 6.42. The number of fused-ring (bicyclic) bond motifs is 6. The Morgan fingerprint density at radius 3 is 2.65 bits per heavy atom. The Morgan fingerprint density at radius 1 is 1.14 bits per heavy atom. The molecule has 0 radical (unpaired) electrons. The van der Waals surface area contributed by atoms with Crippen LogP contribution in [0.1, 0.15) is 25.3 Å². The maximum absolute atomic E-state index is 14.0. The molecule has 2 unspecified atom stereocenters. The van der Waals surface area contributed by atoms with Gasteiger partial charge < -0.3 is 14.6 Å². The van der Waals surface area contributed by atoms with E-state index in [1.54, 1.807) is 55.5 Å². The number of hydrogen-bond acceptors (Lipinski definition) is 6. The number of amides is 2. The van der Waals surface area contributed by atoms with Crippen LogP contribution < -0.4 is 9.64 Å². The molecule has 2 bridgehead atoms. The van der Waals surface area contributed by atoms with Gasteiger partial charge in [-0.25, -0.2) is 9.74 Å². The Labute approximate surface area is 213 Å². The summed E-state index contributed by atoms with van der Waals surface area (Å²) >= 11 is 0. The minimum Gasteiger partial charge on any atom is -0.493 e. The van der Waals surface area contributed by atoms with Crippen LogP contribution in [0.2, 0.25) is 0 Å². The quantitative estimate of drug-likeness (QED) is 0.423. The van der Waals surface area contributed by atoms with E-state index in [-0.39, 0.29) is 18.9 Å². The van der Waals surface area contributed by atoms with Gasteiger partial charge in [0.25, 0.3) is 0 Å². The molecule has 3 aliphatic heterocycles. The number of ether oxygens (including phenoxy) is 2. The predicted molar refractivity (Wildman–Crippen MR) is 134 cm³/mol. The number of nitrogens with zero attached hydrogens (tertiary/aromatic N) is 3. The summed E-state index contributed by atoms with van der Waals surface area (Å²) in [5, 5.41) is 21.4. The zero-order chi connectivity index (χ0) is 25.9. The molecular weight excluding hydrogens is 470 g/mol. The van der Waals surface area contributed by atoms with Crippen LogP contribution in [0.3, 0.4) is 0 Å². The summed E-state index contributed by atoms with van der Waals surface area (Å²) in [5.74, 6) is -1.83. The van der Waals surface area contributed by atoms with E-state index in [9.17, 15) is 14.7 Å². The van der Waals surface area contributed by atoms with Crippen molar-refractivity contribution in [1.29, 1.82) is 5.26 Å². The lowest BCUT2D eigenvalue weighted by atomic mass is 9.66. The van der Waals surface area contributed by atoms with Crippen LogP contribution in [-0.2, 0) is 14.3 Å². The number of carbonyl (C=O) groups excluding carboxylic acids is 2. The van der Waals surface area contributed by atoms with E-state index in [1.807, 2.05) is 12.1 Å². The molecular formula is C29H23N3O5. The van der Waals surface area contributed by atoms with Crippen molar-refractivity contribution in [3.63, 3.8) is 0 Å². The van der Waals surface area contributed by atoms with Gasteiger partial charge >= 0.3 is 0 Å². The van der Waals surface area contributed by atoms with Gasteiger partial charge in [-0.1, -0.05) is 36.4 Å². The maximum atomic E-state index is 14.0. The highest BCUT2D eigenvalue weighted by Gasteiger charge is 2.77. The number of rotatable bonds is 5. The fourth-order valence-corrected chi connectivity index (χ4v) is 6.42. The number of aliphatic hydroxyl groups excluding tert-OH is 1. The Morgan fingerprint density at radius 2 is 1.89 bits per heavy atom. The lowest BCUT2D eigenvalue weighted by Crippen LogP contribution is -2.49. The lowest BCUT2D eigenvalue weighted by molar-refractivity contribution is -0.134. The SMILES string of the molecule is [C-]#[N+]c1ccc(N2C(=O)[C@@H]3[C@H](C2=O)C2(C)OC3(CCOc3cccc(C#N)c3)C[C@H]2O)c2ccccc12. The van der Waals surface area contributed by atoms with Gasteiger partial charge in [0.15, 0.2) is 5.69 Å². The molecule has 0 aliphatic carbocycles. The van der Waals surface area contributed by atoms with Crippen LogP contribution in [0, 0.1) is 29.7 Å². The van der Waals surface area contributed by atoms with E-state index in [0.29, 0.717) is 39.9 Å². The van der Waals surface area contributed by atoms with Crippen molar-refractivity contribution in [2.24, 2.45) is 11.8 Å². The Balaban J connectivity index is 1.35. The second-order valence-corrected chi connectivity index (χ2v) is 10.0. The number of hydrogen-bond donors (Lipinski definition) is 1. The highest BCUT2D eigenvalue weighted by molar-refractivity contribution is 6.26. The number of anilines is 1. The van der Waals surface area contributed by atoms with Gasteiger partial charge in [-0.2, -0.15) is 5.26 Å². The largest absolute Gasteiger partial charge is 0.493 e. The molecule has 3 aromatic carbocycles. The molecule has 3 heterocycles. The first-order valence-corrected chi connectivity index (χ1v) is 12.1. The summed E-state index contributed by atoms with van der Waals surface area (Å²) in [4.78, 5) is 32.6. The zero-order valence-corrected chi connectivity index (χ0v) is 20.0. The summed E-state index contributed by atoms with van der Waals surface area (Å²) in [6, 6.07) is 19.4. The standard InChI is InChI=1S/C29H23N3O5/c1-28-23(33)15-29(37-28,12-13-36-18-7-5-6-17(14-18)16-30)25-24(28)26(34)32(27(25)35)22-11-10-21(31-2)19-8-3-4-9-20(19)22/h3-11,14,23-25,33H,12-13,15H2,1H3/t23-,24-,25+,28?,29?/m1/s1. The molecule has 184 valence electrons. The summed E-state index contributed by atoms with van der Waals surface area (Å²) in [6.45, 7) is 9.37. The average Bonchev–Trinajstić information content (AvgIpc) is 3.44. The Bertz CT molecular complexity index is 1560. The monoisotopic (exact) mass is 493 g/mol. The van der Waals surface area contributed by atoms with Crippen LogP contribution in [0.5, 0.6) is 5.75 Å². The molecule has 3 aliphatic rings. The summed E-state index contributed by atoms with van der Waals surface area (Å²) in [7, 11) is 0. The molecule has 3 fully saturated rings. The zero-order valence-electron chi connectivity index (χ0n) is 20.0. The molecule has 3 aromatic rings. The third kappa shape index (κ3) is 3.20. The Kier molecular flexibility index (Phi) is 5.10. The molecule has 5 atom stereocenters. The fraction of sp³-hybridized carbons (Fsp3) is 0.310. The van der Waals surface area contributed by atoms with Crippen LogP contribution >= 0.6 is 0 Å². The van der Waals surface area contributed by atoms with Crippen molar-refractivity contribution >= 4 is 34.0 Å². The van der Waals surface area contributed by atoms with E-state index in [2.05, 4.69) is 10.9 Å². The normalized spacial score (nSPS) is 29.8. The maximum Gasteiger partial charge on any atom is 0.240 e. The minimum absolute atomic E-state index is 0.186. The van der Waals surface area contributed by atoms with Crippen molar-refractivity contribution in [1.82, 2.24) is 0 Å². The van der Waals surface area contributed by atoms with Gasteiger partial charge in [-0.15, -0.1) is 0 Å². The number of nitriles is 1. The third-order valence-electron chi connectivity index (χ3n) is 8.11. The highest BCUT2D eigenvalue weighted by Crippen LogP contribution is 2.62. The first-order chi connectivity index (χ1) is 17.8. The second-order valence-electron chi connectivity index (χ2n) is 10.0. The van der Waals surface area contributed by atoms with E-state index in [0.717, 1.165) is 0 Å². The second kappa shape index (κ2) is 8.14. The van der Waals surface area contributed by atoms with E-state index in [1.165, 1.54) is 4.90 Å². The first-order valence-electron chi connectivity index (χ1n) is 12.1. The number of aliphatic hydroxyl groups is 1. The smallest absolute Gasteiger partial charge is 0.240 e. The molecule has 6 rings (SSSR count). The molecule has 8 nitrogen and oxygen atoms in total. The van der Waals surface area contributed by atoms with E-state index in [4.69, 9.17) is 21.3 Å². The van der Waals surface area contributed by atoms with Crippen molar-refractivity contribution in [3.8, 4) is 11.8 Å².